The molecule has 0 spiro atoms. The number of ether oxygens (including phenoxy) is 1. The van der Waals surface area contributed by atoms with Crippen LogP contribution in [0.25, 0.3) is 0 Å². The maximum Gasteiger partial charge on any atom is 0.314 e. The van der Waals surface area contributed by atoms with Crippen molar-refractivity contribution >= 4 is 29.1 Å². The molecule has 6 heteroatoms. The predicted molar refractivity (Wildman–Crippen MR) is 98.8 cm³/mol. The first-order valence-corrected chi connectivity index (χ1v) is 8.29. The Morgan fingerprint density at radius 3 is 2.44 bits per heavy atom. The van der Waals surface area contributed by atoms with Gasteiger partial charge in [0.15, 0.2) is 0 Å². The monoisotopic (exact) mass is 360 g/mol. The molecule has 132 valence electrons. The van der Waals surface area contributed by atoms with Gasteiger partial charge in [-0.2, -0.15) is 0 Å². The smallest absolute Gasteiger partial charge is 0.314 e. The third-order valence-electron chi connectivity index (χ3n) is 3.68. The molecular weight excluding hydrogens is 340 g/mol. The molecule has 5 nitrogen and oxygen atoms in total. The fraction of sp³-hybridized carbons (Fsp3) is 0.263. The largest absolute Gasteiger partial charge is 0.495 e. The van der Waals surface area contributed by atoms with Crippen LogP contribution < -0.4 is 10.1 Å². The molecule has 0 unspecified atom stereocenters. The van der Waals surface area contributed by atoms with E-state index in [0.717, 1.165) is 5.56 Å². The van der Waals surface area contributed by atoms with Gasteiger partial charge in [0.25, 0.3) is 0 Å². The quantitative estimate of drug-likeness (QED) is 0.826. The highest BCUT2D eigenvalue weighted by atomic mass is 35.5. The first kappa shape index (κ1) is 18.8. The summed E-state index contributed by atoms with van der Waals surface area (Å²) >= 11 is 5.95. The van der Waals surface area contributed by atoms with Gasteiger partial charge >= 0.3 is 11.8 Å². The number of rotatable bonds is 5. The number of carbonyl (C=O) groups is 2. The summed E-state index contributed by atoms with van der Waals surface area (Å²) in [7, 11) is 1.48. The molecule has 0 atom stereocenters. The van der Waals surface area contributed by atoms with Gasteiger partial charge in [0, 0.05) is 17.6 Å². The van der Waals surface area contributed by atoms with Crippen LogP contribution in [0.5, 0.6) is 5.75 Å². The minimum absolute atomic E-state index is 0.125. The number of carbonyl (C=O) groups excluding carboxylic acids is 2. The lowest BCUT2D eigenvalue weighted by Gasteiger charge is -2.26. The van der Waals surface area contributed by atoms with E-state index in [9.17, 15) is 9.59 Å². The van der Waals surface area contributed by atoms with E-state index >= 15 is 0 Å². The highest BCUT2D eigenvalue weighted by Gasteiger charge is 2.25. The summed E-state index contributed by atoms with van der Waals surface area (Å²) in [5.41, 5.74) is 1.31. The van der Waals surface area contributed by atoms with Gasteiger partial charge in [-0.15, -0.1) is 0 Å². The van der Waals surface area contributed by atoms with Gasteiger partial charge in [-0.3, -0.25) is 9.59 Å². The lowest BCUT2D eigenvalue weighted by Crippen LogP contribution is -2.43. The summed E-state index contributed by atoms with van der Waals surface area (Å²) in [5.74, 6) is -0.907. The molecule has 0 fully saturated rings. The Kier molecular flexibility index (Phi) is 6.42. The highest BCUT2D eigenvalue weighted by molar-refractivity contribution is 6.40. The van der Waals surface area contributed by atoms with Gasteiger partial charge < -0.3 is 15.0 Å². The van der Waals surface area contributed by atoms with Crippen LogP contribution in [0.3, 0.4) is 0 Å². The van der Waals surface area contributed by atoms with Crippen molar-refractivity contribution in [3.63, 3.8) is 0 Å². The molecule has 0 aliphatic rings. The molecule has 0 saturated carbocycles. The van der Waals surface area contributed by atoms with Crippen molar-refractivity contribution in [3.8, 4) is 5.75 Å². The third kappa shape index (κ3) is 4.97. The van der Waals surface area contributed by atoms with Crippen molar-refractivity contribution < 1.29 is 14.3 Å². The number of hydrogen-bond donors (Lipinski definition) is 1. The molecule has 0 heterocycles. The minimum atomic E-state index is -0.731. The lowest BCUT2D eigenvalue weighted by atomic mass is 10.2. The van der Waals surface area contributed by atoms with Gasteiger partial charge in [-0.05, 0) is 37.6 Å². The van der Waals surface area contributed by atoms with E-state index in [1.165, 1.54) is 12.0 Å². The second kappa shape index (κ2) is 8.53. The molecule has 1 N–H and O–H groups in total. The number of halogens is 1. The molecule has 25 heavy (non-hydrogen) atoms. The maximum absolute atomic E-state index is 12.6. The summed E-state index contributed by atoms with van der Waals surface area (Å²) in [6.45, 7) is 4.10. The van der Waals surface area contributed by atoms with Crippen LogP contribution in [0.4, 0.5) is 5.69 Å². The Balaban J connectivity index is 2.16. The van der Waals surface area contributed by atoms with Crippen LogP contribution in [-0.2, 0) is 16.1 Å². The molecule has 0 saturated heterocycles. The van der Waals surface area contributed by atoms with E-state index in [-0.39, 0.29) is 6.04 Å². The van der Waals surface area contributed by atoms with Crippen molar-refractivity contribution in [2.45, 2.75) is 26.4 Å². The van der Waals surface area contributed by atoms with Crippen LogP contribution >= 0.6 is 11.6 Å². The fourth-order valence-corrected chi connectivity index (χ4v) is 2.53. The van der Waals surface area contributed by atoms with Gasteiger partial charge in [0.1, 0.15) is 5.75 Å². The number of methoxy groups -OCH3 is 1. The summed E-state index contributed by atoms with van der Waals surface area (Å²) < 4.78 is 5.19. The molecule has 0 radical (unpaired) electrons. The predicted octanol–water partition coefficient (Wildman–Crippen LogP) is 3.72. The molecule has 0 aliphatic heterocycles. The number of nitrogens with one attached hydrogen (secondary N) is 1. The maximum atomic E-state index is 12.6. The Labute approximate surface area is 152 Å². The van der Waals surface area contributed by atoms with E-state index < -0.39 is 11.8 Å². The average molecular weight is 361 g/mol. The Bertz CT molecular complexity index is 748. The SMILES string of the molecule is COc1ccc(Cl)cc1NC(=O)C(=O)N(Cc1ccccc1)C(C)C. The normalized spacial score (nSPS) is 10.4. The van der Waals surface area contributed by atoms with Crippen LogP contribution in [0.1, 0.15) is 19.4 Å². The topological polar surface area (TPSA) is 58.6 Å². The molecule has 2 aromatic rings. The minimum Gasteiger partial charge on any atom is -0.495 e. The molecule has 2 rings (SSSR count). The Morgan fingerprint density at radius 1 is 1.16 bits per heavy atom. The van der Waals surface area contributed by atoms with Crippen LogP contribution in [0.2, 0.25) is 5.02 Å². The zero-order chi connectivity index (χ0) is 18.4. The van der Waals surface area contributed by atoms with E-state index in [2.05, 4.69) is 5.32 Å². The number of hydrogen-bond acceptors (Lipinski definition) is 3. The fourth-order valence-electron chi connectivity index (χ4n) is 2.35. The molecule has 0 bridgehead atoms. The molecule has 0 aliphatic carbocycles. The Hall–Kier alpha value is -2.53. The van der Waals surface area contributed by atoms with E-state index in [0.29, 0.717) is 23.0 Å². The lowest BCUT2D eigenvalue weighted by molar-refractivity contribution is -0.144. The zero-order valence-electron chi connectivity index (χ0n) is 14.5. The van der Waals surface area contributed by atoms with E-state index in [1.807, 2.05) is 44.2 Å². The number of anilines is 1. The average Bonchev–Trinajstić information content (AvgIpc) is 2.60. The molecule has 0 aromatic heterocycles. The standard InChI is InChI=1S/C19H21ClN2O3/c1-13(2)22(12-14-7-5-4-6-8-14)19(24)18(23)21-16-11-15(20)9-10-17(16)25-3/h4-11,13H,12H2,1-3H3,(H,21,23). The van der Waals surface area contributed by atoms with Crippen molar-refractivity contribution in [2.24, 2.45) is 0 Å². The van der Waals surface area contributed by atoms with Gasteiger partial charge in [-0.25, -0.2) is 0 Å². The van der Waals surface area contributed by atoms with Crippen molar-refractivity contribution in [2.75, 3.05) is 12.4 Å². The van der Waals surface area contributed by atoms with E-state index in [4.69, 9.17) is 16.3 Å². The van der Waals surface area contributed by atoms with Gasteiger partial charge in [-0.1, -0.05) is 41.9 Å². The first-order chi connectivity index (χ1) is 11.9. The number of benzene rings is 2. The molecular formula is C19H21ClN2O3. The van der Waals surface area contributed by atoms with Crippen LogP contribution in [-0.4, -0.2) is 29.9 Å². The van der Waals surface area contributed by atoms with Gasteiger partial charge in [0.05, 0.1) is 12.8 Å². The number of amides is 2. The molecule has 2 amide bonds. The Morgan fingerprint density at radius 2 is 1.84 bits per heavy atom. The first-order valence-electron chi connectivity index (χ1n) is 7.91. The number of nitrogens with zero attached hydrogens (tertiary/aromatic N) is 1. The third-order valence-corrected chi connectivity index (χ3v) is 3.92. The van der Waals surface area contributed by atoms with E-state index in [1.54, 1.807) is 18.2 Å². The van der Waals surface area contributed by atoms with Gasteiger partial charge in [0.2, 0.25) is 0 Å². The second-order valence-electron chi connectivity index (χ2n) is 5.81. The second-order valence-corrected chi connectivity index (χ2v) is 6.25. The highest BCUT2D eigenvalue weighted by Crippen LogP contribution is 2.27. The van der Waals surface area contributed by atoms with Crippen molar-refractivity contribution in [3.05, 3.63) is 59.1 Å². The zero-order valence-corrected chi connectivity index (χ0v) is 15.2. The van der Waals surface area contributed by atoms with Crippen molar-refractivity contribution in [1.29, 1.82) is 0 Å². The molecule has 2 aromatic carbocycles. The van der Waals surface area contributed by atoms with Crippen LogP contribution in [0.15, 0.2) is 48.5 Å². The summed E-state index contributed by atoms with van der Waals surface area (Å²) in [4.78, 5) is 26.6. The summed E-state index contributed by atoms with van der Waals surface area (Å²) in [6.07, 6.45) is 0. The summed E-state index contributed by atoms with van der Waals surface area (Å²) in [5, 5.41) is 3.02. The van der Waals surface area contributed by atoms with Crippen molar-refractivity contribution in [1.82, 2.24) is 4.90 Å². The van der Waals surface area contributed by atoms with Crippen LogP contribution in [0, 0.1) is 0 Å². The summed E-state index contributed by atoms with van der Waals surface area (Å²) in [6, 6.07) is 14.2.